The molecule has 0 radical (unpaired) electrons. The number of benzene rings is 2. The number of amides is 1. The molecule has 28 heavy (non-hydrogen) atoms. The molecule has 2 aromatic carbocycles. The van der Waals surface area contributed by atoms with Gasteiger partial charge in [0.2, 0.25) is 0 Å². The first-order valence-electron chi connectivity index (χ1n) is 9.34. The van der Waals surface area contributed by atoms with Crippen molar-refractivity contribution in [2.75, 3.05) is 13.2 Å². The van der Waals surface area contributed by atoms with Crippen molar-refractivity contribution in [3.05, 3.63) is 65.7 Å². The van der Waals surface area contributed by atoms with E-state index in [0.717, 1.165) is 18.4 Å². The molecule has 1 amide bonds. The van der Waals surface area contributed by atoms with Gasteiger partial charge in [0.15, 0.2) is 0 Å². The lowest BCUT2D eigenvalue weighted by Crippen LogP contribution is -2.58. The van der Waals surface area contributed by atoms with Crippen LogP contribution in [0.5, 0.6) is 0 Å². The summed E-state index contributed by atoms with van der Waals surface area (Å²) in [6.45, 7) is 1.88. The molecule has 2 aromatic rings. The zero-order valence-electron chi connectivity index (χ0n) is 15.9. The standard InChI is InChI=1S/C21H25NO5S/c1-17-9-5-6-12-19(17)28(25,26)27-16-21(15-18-10-3-2-4-11-18)13-7-8-14-22(21)20(23)24/h2-6,9-12H,7-8,13-16H2,1H3,(H,23,24)/t21-/m1/s1. The monoisotopic (exact) mass is 403 g/mol. The second-order valence-electron chi connectivity index (χ2n) is 7.26. The van der Waals surface area contributed by atoms with Crippen molar-refractivity contribution in [2.45, 2.75) is 43.0 Å². The van der Waals surface area contributed by atoms with Gasteiger partial charge in [-0.25, -0.2) is 4.79 Å². The van der Waals surface area contributed by atoms with Gasteiger partial charge in [0, 0.05) is 6.54 Å². The van der Waals surface area contributed by atoms with E-state index in [2.05, 4.69) is 0 Å². The molecule has 1 saturated heterocycles. The first kappa shape index (κ1) is 20.4. The van der Waals surface area contributed by atoms with Gasteiger partial charge in [-0.1, -0.05) is 48.5 Å². The van der Waals surface area contributed by atoms with E-state index in [1.54, 1.807) is 25.1 Å². The third kappa shape index (κ3) is 4.36. The van der Waals surface area contributed by atoms with Gasteiger partial charge in [0.1, 0.15) is 0 Å². The van der Waals surface area contributed by atoms with Crippen molar-refractivity contribution in [1.82, 2.24) is 4.90 Å². The highest BCUT2D eigenvalue weighted by atomic mass is 32.2. The summed E-state index contributed by atoms with van der Waals surface area (Å²) < 4.78 is 31.0. The molecule has 1 aliphatic rings. The number of nitrogens with zero attached hydrogens (tertiary/aromatic N) is 1. The van der Waals surface area contributed by atoms with Crippen LogP contribution in [0.2, 0.25) is 0 Å². The van der Waals surface area contributed by atoms with Gasteiger partial charge < -0.3 is 5.11 Å². The number of hydrogen-bond acceptors (Lipinski definition) is 4. The Labute approximate surface area is 165 Å². The molecule has 150 valence electrons. The Morgan fingerprint density at radius 1 is 1.11 bits per heavy atom. The average molecular weight is 404 g/mol. The number of hydrogen-bond donors (Lipinski definition) is 1. The SMILES string of the molecule is Cc1ccccc1S(=O)(=O)OC[C@]1(Cc2ccccc2)CCCCN1C(=O)O. The molecule has 1 N–H and O–H groups in total. The van der Waals surface area contributed by atoms with Crippen LogP contribution in [0.3, 0.4) is 0 Å². The van der Waals surface area contributed by atoms with Crippen LogP contribution in [0, 0.1) is 6.92 Å². The van der Waals surface area contributed by atoms with E-state index in [4.69, 9.17) is 4.18 Å². The quantitative estimate of drug-likeness (QED) is 0.741. The lowest BCUT2D eigenvalue weighted by molar-refractivity contribution is 0.0166. The predicted octanol–water partition coefficient (Wildman–Crippen LogP) is 3.85. The molecule has 0 saturated carbocycles. The van der Waals surface area contributed by atoms with E-state index < -0.39 is 21.8 Å². The molecule has 1 fully saturated rings. The van der Waals surface area contributed by atoms with Gasteiger partial charge in [0.05, 0.1) is 17.0 Å². The summed E-state index contributed by atoms with van der Waals surface area (Å²) in [5.74, 6) is 0. The Balaban J connectivity index is 1.91. The molecular formula is C21H25NO5S. The van der Waals surface area contributed by atoms with Crippen LogP contribution in [-0.2, 0) is 20.7 Å². The molecule has 0 aromatic heterocycles. The molecule has 7 heteroatoms. The molecule has 0 aliphatic carbocycles. The van der Waals surface area contributed by atoms with E-state index in [1.807, 2.05) is 30.3 Å². The maximum Gasteiger partial charge on any atom is 0.407 e. The Morgan fingerprint density at radius 2 is 1.79 bits per heavy atom. The second-order valence-corrected chi connectivity index (χ2v) is 8.84. The fraction of sp³-hybridized carbons (Fsp3) is 0.381. The molecule has 1 heterocycles. The van der Waals surface area contributed by atoms with Crippen LogP contribution in [0.15, 0.2) is 59.5 Å². The van der Waals surface area contributed by atoms with E-state index >= 15 is 0 Å². The number of likely N-dealkylation sites (tertiary alicyclic amines) is 1. The highest BCUT2D eigenvalue weighted by Gasteiger charge is 2.43. The topological polar surface area (TPSA) is 83.9 Å². The van der Waals surface area contributed by atoms with Crippen molar-refractivity contribution < 1.29 is 22.5 Å². The first-order chi connectivity index (χ1) is 13.3. The fourth-order valence-electron chi connectivity index (χ4n) is 3.84. The number of piperidine rings is 1. The number of carbonyl (C=O) groups is 1. The molecule has 1 aliphatic heterocycles. The third-order valence-corrected chi connectivity index (χ3v) is 6.72. The van der Waals surface area contributed by atoms with Crippen molar-refractivity contribution >= 4 is 16.2 Å². The summed E-state index contributed by atoms with van der Waals surface area (Å²) in [5.41, 5.74) is 0.632. The maximum atomic E-state index is 12.8. The maximum absolute atomic E-state index is 12.8. The van der Waals surface area contributed by atoms with Crippen molar-refractivity contribution in [1.29, 1.82) is 0 Å². The van der Waals surface area contributed by atoms with Gasteiger partial charge in [-0.3, -0.25) is 9.08 Å². The van der Waals surface area contributed by atoms with Crippen LogP contribution in [-0.4, -0.2) is 43.2 Å². The van der Waals surface area contributed by atoms with Gasteiger partial charge in [-0.15, -0.1) is 0 Å². The average Bonchev–Trinajstić information content (AvgIpc) is 2.68. The van der Waals surface area contributed by atoms with E-state index in [-0.39, 0.29) is 11.5 Å². The van der Waals surface area contributed by atoms with Gasteiger partial charge in [-0.2, -0.15) is 8.42 Å². The van der Waals surface area contributed by atoms with Gasteiger partial charge >= 0.3 is 6.09 Å². The Kier molecular flexibility index (Phi) is 6.05. The summed E-state index contributed by atoms with van der Waals surface area (Å²) in [5, 5.41) is 9.76. The third-order valence-electron chi connectivity index (χ3n) is 5.30. The van der Waals surface area contributed by atoms with Crippen molar-refractivity contribution in [3.8, 4) is 0 Å². The second kappa shape index (κ2) is 8.32. The van der Waals surface area contributed by atoms with E-state index in [0.29, 0.717) is 24.9 Å². The number of rotatable bonds is 6. The Hall–Kier alpha value is -2.38. The van der Waals surface area contributed by atoms with Gasteiger partial charge in [0.25, 0.3) is 10.1 Å². The highest BCUT2D eigenvalue weighted by molar-refractivity contribution is 7.86. The molecule has 0 unspecified atom stereocenters. The lowest BCUT2D eigenvalue weighted by Gasteiger charge is -2.45. The molecular weight excluding hydrogens is 378 g/mol. The minimum Gasteiger partial charge on any atom is -0.465 e. The minimum absolute atomic E-state index is 0.113. The minimum atomic E-state index is -3.99. The zero-order valence-corrected chi connectivity index (χ0v) is 16.7. The van der Waals surface area contributed by atoms with E-state index in [1.165, 1.54) is 11.0 Å². The van der Waals surface area contributed by atoms with Crippen molar-refractivity contribution in [2.24, 2.45) is 0 Å². The van der Waals surface area contributed by atoms with Crippen LogP contribution < -0.4 is 0 Å². The highest BCUT2D eigenvalue weighted by Crippen LogP contribution is 2.33. The smallest absolute Gasteiger partial charge is 0.407 e. The van der Waals surface area contributed by atoms with Crippen molar-refractivity contribution in [3.63, 3.8) is 0 Å². The summed E-state index contributed by atoms with van der Waals surface area (Å²) in [7, 11) is -3.99. The van der Waals surface area contributed by atoms with Crippen LogP contribution >= 0.6 is 0 Å². The normalized spacial score (nSPS) is 20.1. The molecule has 0 spiro atoms. The molecule has 0 bridgehead atoms. The van der Waals surface area contributed by atoms with Crippen LogP contribution in [0.4, 0.5) is 4.79 Å². The summed E-state index contributed by atoms with van der Waals surface area (Å²) in [6, 6.07) is 16.1. The number of aryl methyl sites for hydroxylation is 1. The molecule has 6 nitrogen and oxygen atoms in total. The summed E-state index contributed by atoms with van der Waals surface area (Å²) in [4.78, 5) is 13.4. The van der Waals surface area contributed by atoms with Crippen LogP contribution in [0.25, 0.3) is 0 Å². The lowest BCUT2D eigenvalue weighted by atomic mass is 9.82. The molecule has 1 atom stereocenters. The predicted molar refractivity (Wildman–Crippen MR) is 106 cm³/mol. The van der Waals surface area contributed by atoms with Gasteiger partial charge in [-0.05, 0) is 49.8 Å². The number of carboxylic acid groups (broad SMARTS) is 1. The largest absolute Gasteiger partial charge is 0.465 e. The summed E-state index contributed by atoms with van der Waals surface area (Å²) in [6.07, 6.45) is 1.49. The first-order valence-corrected chi connectivity index (χ1v) is 10.7. The molecule has 3 rings (SSSR count). The fourth-order valence-corrected chi connectivity index (χ4v) is 5.05. The van der Waals surface area contributed by atoms with E-state index in [9.17, 15) is 18.3 Å². The Morgan fingerprint density at radius 3 is 2.46 bits per heavy atom. The van der Waals surface area contributed by atoms with Crippen LogP contribution in [0.1, 0.15) is 30.4 Å². The zero-order chi connectivity index (χ0) is 20.2. The summed E-state index contributed by atoms with van der Waals surface area (Å²) >= 11 is 0. The Bertz CT molecular complexity index is 929.